The average molecular weight is 418 g/mol. The van der Waals surface area contributed by atoms with E-state index in [1.54, 1.807) is 25.1 Å². The molecule has 4 rings (SSSR count). The van der Waals surface area contributed by atoms with Crippen molar-refractivity contribution in [2.24, 2.45) is 5.92 Å². The molecule has 1 N–H and O–H groups in total. The number of rotatable bonds is 5. The van der Waals surface area contributed by atoms with Gasteiger partial charge in [0, 0.05) is 31.5 Å². The molecule has 160 valence electrons. The van der Waals surface area contributed by atoms with Crippen molar-refractivity contribution in [3.8, 4) is 17.2 Å². The Bertz CT molecular complexity index is 1040. The molecular weight excluding hydrogens is 390 g/mol. The molecule has 2 amide bonds. The van der Waals surface area contributed by atoms with Gasteiger partial charge in [-0.05, 0) is 41.7 Å². The second kappa shape index (κ2) is 8.52. The number of carbonyl (C=O) groups excluding carboxylic acids is 2. The molecule has 0 radical (unpaired) electrons. The Hall–Kier alpha value is -3.17. The lowest BCUT2D eigenvalue weighted by Crippen LogP contribution is -2.66. The Morgan fingerprint density at radius 1 is 1.16 bits per heavy atom. The second-order valence-corrected chi connectivity index (χ2v) is 8.59. The first-order valence-corrected chi connectivity index (χ1v) is 10.7. The average Bonchev–Trinajstić information content (AvgIpc) is 2.72. The number of aliphatic hydroxyl groups excluding tert-OH is 1. The highest BCUT2D eigenvalue weighted by Gasteiger charge is 2.53. The number of nitrogens with zero attached hydrogens (tertiary/aromatic N) is 3. The predicted octanol–water partition coefficient (Wildman–Crippen LogP) is 3.03. The van der Waals surface area contributed by atoms with Crippen LogP contribution in [0.4, 0.5) is 0 Å². The van der Waals surface area contributed by atoms with Crippen molar-refractivity contribution in [2.75, 3.05) is 20.7 Å². The SMILES string of the molecule is CN(C)C(=O)c1cccc(-c2ccccc2[C@@H]2[C@@H](C#N)N(C(=O)C3CCC3)[C@@H]2CO)c1. The molecule has 0 unspecified atom stereocenters. The molecule has 0 spiro atoms. The lowest BCUT2D eigenvalue weighted by atomic mass is 9.71. The van der Waals surface area contributed by atoms with E-state index in [0.717, 1.165) is 36.0 Å². The van der Waals surface area contributed by atoms with E-state index < -0.39 is 12.1 Å². The van der Waals surface area contributed by atoms with Crippen LogP contribution in [0.15, 0.2) is 48.5 Å². The summed E-state index contributed by atoms with van der Waals surface area (Å²) in [4.78, 5) is 28.4. The van der Waals surface area contributed by atoms with Crippen LogP contribution in [-0.2, 0) is 4.79 Å². The van der Waals surface area contributed by atoms with Gasteiger partial charge in [-0.2, -0.15) is 5.26 Å². The number of carbonyl (C=O) groups is 2. The summed E-state index contributed by atoms with van der Waals surface area (Å²) in [6.07, 6.45) is 2.76. The van der Waals surface area contributed by atoms with Crippen molar-refractivity contribution < 1.29 is 14.7 Å². The third kappa shape index (κ3) is 3.60. The standard InChI is InChI=1S/C25H27N3O3/c1-27(2)24(30)18-10-6-9-17(13-18)19-11-3-4-12-20(19)23-21(14-26)28(22(23)15-29)25(31)16-7-5-8-16/h3-4,6,9-13,16,21-23,29H,5,7-8,15H2,1-2H3/t21-,22-,23-/m1/s1. The van der Waals surface area contributed by atoms with E-state index in [1.807, 2.05) is 42.5 Å². The molecule has 0 aromatic heterocycles. The zero-order valence-corrected chi connectivity index (χ0v) is 17.9. The van der Waals surface area contributed by atoms with Gasteiger partial charge in [-0.15, -0.1) is 0 Å². The Balaban J connectivity index is 1.70. The quantitative estimate of drug-likeness (QED) is 0.810. The van der Waals surface area contributed by atoms with E-state index in [4.69, 9.17) is 0 Å². The van der Waals surface area contributed by atoms with E-state index >= 15 is 0 Å². The number of aliphatic hydroxyl groups is 1. The molecule has 1 saturated heterocycles. The van der Waals surface area contributed by atoms with Crippen molar-refractivity contribution in [1.82, 2.24) is 9.80 Å². The fraction of sp³-hybridized carbons (Fsp3) is 0.400. The lowest BCUT2D eigenvalue weighted by Gasteiger charge is -2.53. The van der Waals surface area contributed by atoms with E-state index in [2.05, 4.69) is 6.07 Å². The number of hydrogen-bond donors (Lipinski definition) is 1. The molecule has 2 fully saturated rings. The maximum absolute atomic E-state index is 12.9. The molecule has 6 heteroatoms. The van der Waals surface area contributed by atoms with Crippen molar-refractivity contribution in [1.29, 1.82) is 5.26 Å². The summed E-state index contributed by atoms with van der Waals surface area (Å²) in [5.74, 6) is -0.384. The third-order valence-corrected chi connectivity index (χ3v) is 6.59. The zero-order valence-electron chi connectivity index (χ0n) is 17.9. The number of likely N-dealkylation sites (tertiary alicyclic amines) is 1. The van der Waals surface area contributed by atoms with Gasteiger partial charge in [0.1, 0.15) is 6.04 Å². The molecule has 31 heavy (non-hydrogen) atoms. The molecule has 2 aromatic carbocycles. The maximum Gasteiger partial charge on any atom is 0.253 e. The summed E-state index contributed by atoms with van der Waals surface area (Å²) in [6, 6.07) is 16.5. The predicted molar refractivity (Wildman–Crippen MR) is 117 cm³/mol. The number of amides is 2. The molecule has 6 nitrogen and oxygen atoms in total. The maximum atomic E-state index is 12.9. The highest BCUT2D eigenvalue weighted by atomic mass is 16.3. The molecule has 1 aliphatic heterocycles. The van der Waals surface area contributed by atoms with Crippen LogP contribution in [0.3, 0.4) is 0 Å². The van der Waals surface area contributed by atoms with Gasteiger partial charge < -0.3 is 14.9 Å². The first-order chi connectivity index (χ1) is 15.0. The molecule has 2 aromatic rings. The van der Waals surface area contributed by atoms with Gasteiger partial charge in [0.25, 0.3) is 5.91 Å². The van der Waals surface area contributed by atoms with E-state index in [-0.39, 0.29) is 30.3 Å². The largest absolute Gasteiger partial charge is 0.394 e. The van der Waals surface area contributed by atoms with Crippen LogP contribution < -0.4 is 0 Å². The van der Waals surface area contributed by atoms with Gasteiger partial charge in [-0.25, -0.2) is 0 Å². The van der Waals surface area contributed by atoms with E-state index in [9.17, 15) is 20.0 Å². The number of benzene rings is 2. The Morgan fingerprint density at radius 2 is 1.90 bits per heavy atom. The van der Waals surface area contributed by atoms with Gasteiger partial charge >= 0.3 is 0 Å². The van der Waals surface area contributed by atoms with Crippen LogP contribution in [0.2, 0.25) is 0 Å². The van der Waals surface area contributed by atoms with Gasteiger partial charge in [0.2, 0.25) is 5.91 Å². The van der Waals surface area contributed by atoms with Crippen LogP contribution in [0, 0.1) is 17.2 Å². The van der Waals surface area contributed by atoms with Gasteiger partial charge in [-0.1, -0.05) is 42.8 Å². The Morgan fingerprint density at radius 3 is 2.52 bits per heavy atom. The molecular formula is C25H27N3O3. The van der Waals surface area contributed by atoms with Crippen molar-refractivity contribution >= 4 is 11.8 Å². The first kappa shape index (κ1) is 21.1. The molecule has 1 aliphatic carbocycles. The topological polar surface area (TPSA) is 84.6 Å². The summed E-state index contributed by atoms with van der Waals surface area (Å²) in [6.45, 7) is -0.186. The summed E-state index contributed by atoms with van der Waals surface area (Å²) < 4.78 is 0. The van der Waals surface area contributed by atoms with Crippen LogP contribution in [0.25, 0.3) is 11.1 Å². The zero-order chi connectivity index (χ0) is 22.1. The molecule has 1 heterocycles. The summed E-state index contributed by atoms with van der Waals surface area (Å²) in [5, 5.41) is 20.0. The fourth-order valence-electron chi connectivity index (χ4n) is 4.68. The first-order valence-electron chi connectivity index (χ1n) is 10.7. The van der Waals surface area contributed by atoms with Crippen LogP contribution in [0.5, 0.6) is 0 Å². The number of hydrogen-bond acceptors (Lipinski definition) is 4. The van der Waals surface area contributed by atoms with Crippen LogP contribution in [0.1, 0.15) is 41.1 Å². The van der Waals surface area contributed by atoms with E-state index in [1.165, 1.54) is 4.90 Å². The van der Waals surface area contributed by atoms with Gasteiger partial charge in [-0.3, -0.25) is 9.59 Å². The van der Waals surface area contributed by atoms with Crippen LogP contribution in [-0.4, -0.2) is 59.5 Å². The summed E-state index contributed by atoms with van der Waals surface area (Å²) in [7, 11) is 3.43. The molecule has 0 bridgehead atoms. The monoisotopic (exact) mass is 417 g/mol. The van der Waals surface area contributed by atoms with Gasteiger partial charge in [0.15, 0.2) is 0 Å². The third-order valence-electron chi connectivity index (χ3n) is 6.59. The Labute approximate surface area is 182 Å². The van der Waals surface area contributed by atoms with Crippen molar-refractivity contribution in [2.45, 2.75) is 37.3 Å². The smallest absolute Gasteiger partial charge is 0.253 e. The minimum absolute atomic E-state index is 0.0100. The van der Waals surface area contributed by atoms with Crippen LogP contribution >= 0.6 is 0 Å². The minimum atomic E-state index is -0.599. The summed E-state index contributed by atoms with van der Waals surface area (Å²) >= 11 is 0. The second-order valence-electron chi connectivity index (χ2n) is 8.59. The number of nitriles is 1. The highest BCUT2D eigenvalue weighted by molar-refractivity contribution is 5.95. The van der Waals surface area contributed by atoms with Crippen molar-refractivity contribution in [3.63, 3.8) is 0 Å². The van der Waals surface area contributed by atoms with Crippen molar-refractivity contribution in [3.05, 3.63) is 59.7 Å². The lowest BCUT2D eigenvalue weighted by molar-refractivity contribution is -0.154. The highest BCUT2D eigenvalue weighted by Crippen LogP contribution is 2.46. The molecule has 1 saturated carbocycles. The molecule has 2 aliphatic rings. The summed E-state index contributed by atoms with van der Waals surface area (Å²) in [5.41, 5.74) is 3.29. The van der Waals surface area contributed by atoms with Gasteiger partial charge in [0.05, 0.1) is 18.7 Å². The fourth-order valence-corrected chi connectivity index (χ4v) is 4.68. The Kier molecular flexibility index (Phi) is 5.79. The normalized spacial score (nSPS) is 22.8. The molecule has 3 atom stereocenters. The van der Waals surface area contributed by atoms with E-state index in [0.29, 0.717) is 5.56 Å². The minimum Gasteiger partial charge on any atom is -0.394 e.